The highest BCUT2D eigenvalue weighted by molar-refractivity contribution is 7.89. The molecule has 20 heavy (non-hydrogen) atoms. The van der Waals surface area contributed by atoms with Crippen LogP contribution in [0, 0.1) is 0 Å². The number of imide groups is 1. The molecule has 106 valence electrons. The van der Waals surface area contributed by atoms with E-state index in [1.165, 1.54) is 21.3 Å². The molecule has 1 aromatic carbocycles. The van der Waals surface area contributed by atoms with Crippen molar-refractivity contribution >= 4 is 21.8 Å². The molecule has 2 aliphatic heterocycles. The van der Waals surface area contributed by atoms with Crippen LogP contribution in [0.5, 0.6) is 0 Å². The van der Waals surface area contributed by atoms with Crippen LogP contribution in [0.4, 0.5) is 0 Å². The Labute approximate surface area is 117 Å². The van der Waals surface area contributed by atoms with Gasteiger partial charge in [-0.1, -0.05) is 18.2 Å². The molecule has 0 N–H and O–H groups in total. The van der Waals surface area contributed by atoms with E-state index in [-0.39, 0.29) is 48.7 Å². The molecule has 0 radical (unpaired) electrons. The van der Waals surface area contributed by atoms with E-state index < -0.39 is 10.0 Å². The van der Waals surface area contributed by atoms with Crippen LogP contribution in [0.25, 0.3) is 0 Å². The molecule has 2 aliphatic rings. The SMILES string of the molecule is O=C1CCC(=O)N1C1CN(S(=O)(=O)c2ccccc2)C1. The Morgan fingerprint density at radius 2 is 1.50 bits per heavy atom. The van der Waals surface area contributed by atoms with E-state index in [1.54, 1.807) is 18.2 Å². The molecule has 0 aromatic heterocycles. The summed E-state index contributed by atoms with van der Waals surface area (Å²) in [7, 11) is -3.52. The van der Waals surface area contributed by atoms with Gasteiger partial charge in [-0.3, -0.25) is 14.5 Å². The third-order valence-electron chi connectivity index (χ3n) is 3.67. The van der Waals surface area contributed by atoms with Crippen molar-refractivity contribution in [2.24, 2.45) is 0 Å². The minimum Gasteiger partial charge on any atom is -0.277 e. The average molecular weight is 294 g/mol. The van der Waals surface area contributed by atoms with E-state index in [9.17, 15) is 18.0 Å². The first kappa shape index (κ1) is 13.3. The number of benzene rings is 1. The summed E-state index contributed by atoms with van der Waals surface area (Å²) < 4.78 is 25.8. The molecule has 7 heteroatoms. The molecule has 0 unspecified atom stereocenters. The summed E-state index contributed by atoms with van der Waals surface area (Å²) in [5.41, 5.74) is 0. The fourth-order valence-electron chi connectivity index (χ4n) is 2.52. The third-order valence-corrected chi connectivity index (χ3v) is 5.51. The first-order chi connectivity index (χ1) is 9.50. The molecule has 2 amide bonds. The summed E-state index contributed by atoms with van der Waals surface area (Å²) in [5, 5.41) is 0. The predicted octanol–water partition coefficient (Wildman–Crippen LogP) is 0.208. The zero-order valence-corrected chi connectivity index (χ0v) is 11.5. The van der Waals surface area contributed by atoms with Gasteiger partial charge in [0.2, 0.25) is 21.8 Å². The molecule has 1 aromatic rings. The summed E-state index contributed by atoms with van der Waals surface area (Å²) >= 11 is 0. The first-order valence-electron chi connectivity index (χ1n) is 6.40. The smallest absolute Gasteiger partial charge is 0.243 e. The number of nitrogens with zero attached hydrogens (tertiary/aromatic N) is 2. The summed E-state index contributed by atoms with van der Waals surface area (Å²) in [6, 6.07) is 7.84. The number of amides is 2. The van der Waals surface area contributed by atoms with Crippen molar-refractivity contribution in [1.82, 2.24) is 9.21 Å². The minimum absolute atomic E-state index is 0.189. The quantitative estimate of drug-likeness (QED) is 0.747. The van der Waals surface area contributed by atoms with Gasteiger partial charge in [0.15, 0.2) is 0 Å². The lowest BCUT2D eigenvalue weighted by atomic mass is 10.1. The van der Waals surface area contributed by atoms with Gasteiger partial charge in [0, 0.05) is 25.9 Å². The maximum Gasteiger partial charge on any atom is 0.243 e. The van der Waals surface area contributed by atoms with Crippen molar-refractivity contribution in [3.05, 3.63) is 30.3 Å². The Hall–Kier alpha value is -1.73. The Morgan fingerprint density at radius 3 is 2.05 bits per heavy atom. The van der Waals surface area contributed by atoms with Gasteiger partial charge in [0.25, 0.3) is 0 Å². The van der Waals surface area contributed by atoms with Crippen molar-refractivity contribution in [3.63, 3.8) is 0 Å². The lowest BCUT2D eigenvalue weighted by Crippen LogP contribution is -2.62. The standard InChI is InChI=1S/C13H14N2O4S/c16-12-6-7-13(17)15(12)10-8-14(9-10)20(18,19)11-4-2-1-3-5-11/h1-5,10H,6-9H2. The molecule has 0 saturated carbocycles. The zero-order chi connectivity index (χ0) is 14.3. The molecule has 0 spiro atoms. The van der Waals surface area contributed by atoms with Crippen LogP contribution in [-0.4, -0.2) is 48.6 Å². The number of rotatable bonds is 3. The second-order valence-electron chi connectivity index (χ2n) is 4.95. The van der Waals surface area contributed by atoms with Gasteiger partial charge in [-0.25, -0.2) is 8.42 Å². The first-order valence-corrected chi connectivity index (χ1v) is 7.84. The largest absolute Gasteiger partial charge is 0.277 e. The highest BCUT2D eigenvalue weighted by atomic mass is 32.2. The summed E-state index contributed by atoms with van der Waals surface area (Å²) in [5.74, 6) is -0.395. The van der Waals surface area contributed by atoms with Crippen molar-refractivity contribution < 1.29 is 18.0 Å². The summed E-state index contributed by atoms with van der Waals surface area (Å²) in [4.78, 5) is 24.6. The van der Waals surface area contributed by atoms with E-state index in [4.69, 9.17) is 0 Å². The Morgan fingerprint density at radius 1 is 0.950 bits per heavy atom. The summed E-state index contributed by atoms with van der Waals surface area (Å²) in [6.07, 6.45) is 0.474. The highest BCUT2D eigenvalue weighted by Crippen LogP contribution is 2.27. The molecule has 2 saturated heterocycles. The van der Waals surface area contributed by atoms with Crippen LogP contribution in [0.3, 0.4) is 0 Å². The van der Waals surface area contributed by atoms with E-state index in [0.29, 0.717) is 0 Å². The van der Waals surface area contributed by atoms with E-state index >= 15 is 0 Å². The van der Waals surface area contributed by atoms with Gasteiger partial charge in [-0.05, 0) is 12.1 Å². The fourth-order valence-corrected chi connectivity index (χ4v) is 4.05. The van der Waals surface area contributed by atoms with Crippen molar-refractivity contribution in [1.29, 1.82) is 0 Å². The van der Waals surface area contributed by atoms with Crippen LogP contribution in [0.1, 0.15) is 12.8 Å². The summed E-state index contributed by atoms with van der Waals surface area (Å²) in [6.45, 7) is 0.378. The van der Waals surface area contributed by atoms with Crippen LogP contribution in [0.15, 0.2) is 35.2 Å². The third kappa shape index (κ3) is 2.03. The van der Waals surface area contributed by atoms with Gasteiger partial charge in [-0.15, -0.1) is 0 Å². The van der Waals surface area contributed by atoms with E-state index in [2.05, 4.69) is 0 Å². The second kappa shape index (κ2) is 4.68. The van der Waals surface area contributed by atoms with Gasteiger partial charge in [-0.2, -0.15) is 4.31 Å². The number of hydrogen-bond acceptors (Lipinski definition) is 4. The van der Waals surface area contributed by atoms with Gasteiger partial charge in [0.05, 0.1) is 10.9 Å². The molecule has 0 atom stereocenters. The number of hydrogen-bond donors (Lipinski definition) is 0. The number of carbonyl (C=O) groups is 2. The molecular formula is C13H14N2O4S. The van der Waals surface area contributed by atoms with Crippen molar-refractivity contribution in [2.45, 2.75) is 23.8 Å². The molecule has 0 aliphatic carbocycles. The topological polar surface area (TPSA) is 74.8 Å². The molecule has 2 fully saturated rings. The van der Waals surface area contributed by atoms with E-state index in [0.717, 1.165) is 0 Å². The predicted molar refractivity (Wildman–Crippen MR) is 70.1 cm³/mol. The minimum atomic E-state index is -3.52. The van der Waals surface area contributed by atoms with Gasteiger partial charge >= 0.3 is 0 Å². The van der Waals surface area contributed by atoms with Crippen LogP contribution < -0.4 is 0 Å². The number of carbonyl (C=O) groups excluding carboxylic acids is 2. The van der Waals surface area contributed by atoms with Crippen molar-refractivity contribution in [2.75, 3.05) is 13.1 Å². The van der Waals surface area contributed by atoms with Crippen LogP contribution >= 0.6 is 0 Å². The van der Waals surface area contributed by atoms with Gasteiger partial charge < -0.3 is 0 Å². The number of likely N-dealkylation sites (tertiary alicyclic amines) is 1. The Balaban J connectivity index is 1.72. The van der Waals surface area contributed by atoms with Crippen LogP contribution in [0.2, 0.25) is 0 Å². The Bertz CT molecular complexity index is 634. The molecule has 3 rings (SSSR count). The molecule has 0 bridgehead atoms. The normalized spacial score (nSPS) is 21.3. The fraction of sp³-hybridized carbons (Fsp3) is 0.385. The van der Waals surface area contributed by atoms with E-state index in [1.807, 2.05) is 0 Å². The number of sulfonamides is 1. The second-order valence-corrected chi connectivity index (χ2v) is 6.88. The lowest BCUT2D eigenvalue weighted by molar-refractivity contribution is -0.143. The van der Waals surface area contributed by atoms with Crippen LogP contribution in [-0.2, 0) is 19.6 Å². The lowest BCUT2D eigenvalue weighted by Gasteiger charge is -2.41. The average Bonchev–Trinajstić information content (AvgIpc) is 2.70. The zero-order valence-electron chi connectivity index (χ0n) is 10.7. The maximum absolute atomic E-state index is 12.3. The molecule has 6 nitrogen and oxygen atoms in total. The highest BCUT2D eigenvalue weighted by Gasteiger charge is 2.45. The van der Waals surface area contributed by atoms with Crippen molar-refractivity contribution in [3.8, 4) is 0 Å². The maximum atomic E-state index is 12.3. The van der Waals surface area contributed by atoms with Gasteiger partial charge in [0.1, 0.15) is 0 Å². The molecule has 2 heterocycles. The monoisotopic (exact) mass is 294 g/mol. The molecular weight excluding hydrogens is 280 g/mol. The Kier molecular flexibility index (Phi) is 3.10.